The monoisotopic (exact) mass is 400 g/mol. The molecule has 0 saturated heterocycles. The van der Waals surface area contributed by atoms with Gasteiger partial charge in [-0.3, -0.25) is 4.79 Å². The molecule has 0 aliphatic heterocycles. The zero-order valence-electron chi connectivity index (χ0n) is 14.6. The molecular weight excluding hydrogens is 376 g/mol. The first-order chi connectivity index (χ1) is 11.5. The number of benzene rings is 1. The second-order valence-electron chi connectivity index (χ2n) is 5.18. The van der Waals surface area contributed by atoms with E-state index < -0.39 is 0 Å². The van der Waals surface area contributed by atoms with Crippen molar-refractivity contribution in [2.45, 2.75) is 6.54 Å². The van der Waals surface area contributed by atoms with Crippen LogP contribution >= 0.6 is 15.9 Å². The van der Waals surface area contributed by atoms with Gasteiger partial charge in [-0.2, -0.15) is 0 Å². The first-order valence-electron chi connectivity index (χ1n) is 7.51. The minimum Gasteiger partial charge on any atom is -0.496 e. The number of nitrogens with one attached hydrogen (secondary N) is 2. The third-order valence-electron chi connectivity index (χ3n) is 3.15. The van der Waals surface area contributed by atoms with Gasteiger partial charge in [0.15, 0.2) is 5.96 Å². The van der Waals surface area contributed by atoms with Gasteiger partial charge in [0, 0.05) is 37.8 Å². The first kappa shape index (κ1) is 20.2. The Balaban J connectivity index is 2.79. The molecule has 1 amide bonds. The number of hydrogen-bond donors (Lipinski definition) is 2. The van der Waals surface area contributed by atoms with Gasteiger partial charge in [-0.25, -0.2) is 4.99 Å². The van der Waals surface area contributed by atoms with Crippen LogP contribution in [0.4, 0.5) is 0 Å². The number of halogens is 1. The molecule has 0 aromatic heterocycles. The number of rotatable bonds is 8. The van der Waals surface area contributed by atoms with Crippen molar-refractivity contribution in [2.24, 2.45) is 4.99 Å². The van der Waals surface area contributed by atoms with E-state index >= 15 is 0 Å². The molecule has 1 aromatic carbocycles. The number of ether oxygens (including phenoxy) is 2. The maximum Gasteiger partial charge on any atom is 0.241 e. The van der Waals surface area contributed by atoms with E-state index in [0.29, 0.717) is 25.7 Å². The van der Waals surface area contributed by atoms with Crippen LogP contribution in [-0.2, 0) is 16.1 Å². The van der Waals surface area contributed by atoms with Gasteiger partial charge < -0.3 is 25.0 Å². The summed E-state index contributed by atoms with van der Waals surface area (Å²) in [7, 11) is 6.69. The fourth-order valence-corrected chi connectivity index (χ4v) is 2.21. The first-order valence-corrected chi connectivity index (χ1v) is 8.31. The van der Waals surface area contributed by atoms with Crippen molar-refractivity contribution in [2.75, 3.05) is 48.0 Å². The normalized spacial score (nSPS) is 11.1. The van der Waals surface area contributed by atoms with E-state index in [1.54, 1.807) is 28.3 Å². The summed E-state index contributed by atoms with van der Waals surface area (Å²) < 4.78 is 11.3. The zero-order chi connectivity index (χ0) is 17.9. The molecule has 7 nitrogen and oxygen atoms in total. The van der Waals surface area contributed by atoms with Crippen molar-refractivity contribution in [1.29, 1.82) is 0 Å². The molecule has 8 heteroatoms. The molecule has 0 heterocycles. The van der Waals surface area contributed by atoms with E-state index in [2.05, 4.69) is 31.6 Å². The number of likely N-dealkylation sites (N-methyl/N-ethyl adjacent to an activating group) is 1. The fourth-order valence-electron chi connectivity index (χ4n) is 1.80. The van der Waals surface area contributed by atoms with Crippen molar-refractivity contribution in [3.8, 4) is 5.75 Å². The highest BCUT2D eigenvalue weighted by Gasteiger charge is 2.07. The third kappa shape index (κ3) is 7.18. The van der Waals surface area contributed by atoms with E-state index in [1.165, 1.54) is 4.90 Å². The summed E-state index contributed by atoms with van der Waals surface area (Å²) in [6, 6.07) is 5.76. The van der Waals surface area contributed by atoms with Crippen LogP contribution in [0, 0.1) is 0 Å². The lowest BCUT2D eigenvalue weighted by Gasteiger charge is -2.15. The molecule has 0 aliphatic rings. The fraction of sp³-hybridized carbons (Fsp3) is 0.500. The molecule has 0 fully saturated rings. The Labute approximate surface area is 151 Å². The zero-order valence-corrected chi connectivity index (χ0v) is 16.1. The van der Waals surface area contributed by atoms with Crippen LogP contribution in [0.1, 0.15) is 5.56 Å². The molecule has 2 N–H and O–H groups in total. The number of aliphatic imine (C=N–C) groups is 1. The van der Waals surface area contributed by atoms with Crippen LogP contribution in [0.25, 0.3) is 0 Å². The molecule has 24 heavy (non-hydrogen) atoms. The molecule has 0 spiro atoms. The lowest BCUT2D eigenvalue weighted by molar-refractivity contribution is -0.127. The van der Waals surface area contributed by atoms with E-state index in [0.717, 1.165) is 15.8 Å². The van der Waals surface area contributed by atoms with Crippen molar-refractivity contribution >= 4 is 27.8 Å². The second kappa shape index (κ2) is 10.9. The Morgan fingerprint density at radius 2 is 2.04 bits per heavy atom. The molecule has 134 valence electrons. The van der Waals surface area contributed by atoms with Crippen LogP contribution < -0.4 is 15.4 Å². The molecule has 0 saturated carbocycles. The Bertz CT molecular complexity index is 564. The number of carbonyl (C=O) groups excluding carboxylic acids is 1. The van der Waals surface area contributed by atoms with Gasteiger partial charge in [-0.1, -0.05) is 15.9 Å². The molecule has 1 aromatic rings. The Morgan fingerprint density at radius 3 is 2.67 bits per heavy atom. The number of hydrogen-bond acceptors (Lipinski definition) is 4. The summed E-state index contributed by atoms with van der Waals surface area (Å²) in [4.78, 5) is 17.8. The number of nitrogens with zero attached hydrogens (tertiary/aromatic N) is 2. The van der Waals surface area contributed by atoms with Crippen LogP contribution in [0.3, 0.4) is 0 Å². The van der Waals surface area contributed by atoms with Crippen molar-refractivity contribution < 1.29 is 14.3 Å². The molecule has 0 radical (unpaired) electrons. The van der Waals surface area contributed by atoms with Crippen LogP contribution in [0.2, 0.25) is 0 Å². The van der Waals surface area contributed by atoms with E-state index in [1.807, 2.05) is 18.2 Å². The smallest absolute Gasteiger partial charge is 0.241 e. The average molecular weight is 401 g/mol. The van der Waals surface area contributed by atoms with Gasteiger partial charge in [0.2, 0.25) is 5.91 Å². The summed E-state index contributed by atoms with van der Waals surface area (Å²) in [6.45, 7) is 1.72. The topological polar surface area (TPSA) is 75.2 Å². The summed E-state index contributed by atoms with van der Waals surface area (Å²) >= 11 is 3.45. The van der Waals surface area contributed by atoms with Gasteiger partial charge in [-0.05, 0) is 18.2 Å². The quantitative estimate of drug-likeness (QED) is 0.389. The summed E-state index contributed by atoms with van der Waals surface area (Å²) in [5.41, 5.74) is 0.943. The third-order valence-corrected chi connectivity index (χ3v) is 3.65. The largest absolute Gasteiger partial charge is 0.496 e. The van der Waals surface area contributed by atoms with Crippen molar-refractivity contribution in [3.63, 3.8) is 0 Å². The number of carbonyl (C=O) groups is 1. The molecule has 1 rings (SSSR count). The van der Waals surface area contributed by atoms with Crippen LogP contribution in [-0.4, -0.2) is 64.8 Å². The highest BCUT2D eigenvalue weighted by molar-refractivity contribution is 9.10. The standard InChI is InChI=1S/C16H25BrN4O3/c1-21(2)15(22)11-20-16(18-7-8-23-3)19-10-12-9-13(17)5-6-14(12)24-4/h5-6,9H,7-8,10-11H2,1-4H3,(H2,18,19,20). The van der Waals surface area contributed by atoms with E-state index in [4.69, 9.17) is 9.47 Å². The van der Waals surface area contributed by atoms with Gasteiger partial charge in [-0.15, -0.1) is 0 Å². The van der Waals surface area contributed by atoms with Crippen molar-refractivity contribution in [3.05, 3.63) is 28.2 Å². The molecule has 0 bridgehead atoms. The summed E-state index contributed by atoms with van der Waals surface area (Å²) in [6.07, 6.45) is 0. The highest BCUT2D eigenvalue weighted by atomic mass is 79.9. The maximum atomic E-state index is 11.7. The summed E-state index contributed by atoms with van der Waals surface area (Å²) in [5, 5.41) is 6.15. The number of guanidine groups is 1. The molecular formula is C16H25BrN4O3. The van der Waals surface area contributed by atoms with Crippen LogP contribution in [0.15, 0.2) is 27.7 Å². The van der Waals surface area contributed by atoms with Gasteiger partial charge in [0.1, 0.15) is 5.75 Å². The minimum absolute atomic E-state index is 0.0312. The molecule has 0 atom stereocenters. The highest BCUT2D eigenvalue weighted by Crippen LogP contribution is 2.23. The summed E-state index contributed by atoms with van der Waals surface area (Å²) in [5.74, 6) is 1.28. The lowest BCUT2D eigenvalue weighted by Crippen LogP contribution is -2.43. The SMILES string of the molecule is COCCNC(=NCc1cc(Br)ccc1OC)NCC(=O)N(C)C. The van der Waals surface area contributed by atoms with Gasteiger partial charge in [0.05, 0.1) is 26.8 Å². The minimum atomic E-state index is -0.0312. The van der Waals surface area contributed by atoms with Gasteiger partial charge in [0.25, 0.3) is 0 Å². The Morgan fingerprint density at radius 1 is 1.29 bits per heavy atom. The lowest BCUT2D eigenvalue weighted by atomic mass is 10.2. The molecule has 0 unspecified atom stereocenters. The van der Waals surface area contributed by atoms with Gasteiger partial charge >= 0.3 is 0 Å². The van der Waals surface area contributed by atoms with Crippen LogP contribution in [0.5, 0.6) is 5.75 Å². The second-order valence-corrected chi connectivity index (χ2v) is 6.10. The predicted molar refractivity (Wildman–Crippen MR) is 98.4 cm³/mol. The Kier molecular flexibility index (Phi) is 9.18. The predicted octanol–water partition coefficient (Wildman–Crippen LogP) is 1.23. The number of methoxy groups -OCH3 is 2. The van der Waals surface area contributed by atoms with Crippen molar-refractivity contribution in [1.82, 2.24) is 15.5 Å². The van der Waals surface area contributed by atoms with E-state index in [9.17, 15) is 4.79 Å². The Hall–Kier alpha value is -1.80. The molecule has 0 aliphatic carbocycles. The van der Waals surface area contributed by atoms with E-state index in [-0.39, 0.29) is 12.5 Å². The average Bonchev–Trinajstić information content (AvgIpc) is 2.56. The maximum absolute atomic E-state index is 11.7. The number of amides is 1.